The van der Waals surface area contributed by atoms with Crippen molar-refractivity contribution >= 4 is 29.1 Å². The fraction of sp³-hybridized carbons (Fsp3) is 0.235. The minimum atomic E-state index is -0.556. The number of H-pyrrole nitrogens is 1. The van der Waals surface area contributed by atoms with Crippen molar-refractivity contribution in [2.45, 2.75) is 6.42 Å². The first-order valence-electron chi connectivity index (χ1n) is 7.61. The maximum Gasteiger partial charge on any atom is 0.270 e. The zero-order chi connectivity index (χ0) is 18.0. The lowest BCUT2D eigenvalue weighted by atomic mass is 10.1. The number of rotatable bonds is 3. The molecule has 0 spiro atoms. The molecule has 2 N–H and O–H groups in total. The molecular formula is C17H14ClFN4O2. The molecule has 0 bridgehead atoms. The van der Waals surface area contributed by atoms with Gasteiger partial charge in [-0.25, -0.2) is 4.39 Å². The van der Waals surface area contributed by atoms with Gasteiger partial charge in [-0.2, -0.15) is 5.26 Å². The second-order valence-corrected chi connectivity index (χ2v) is 6.18. The van der Waals surface area contributed by atoms with Crippen molar-refractivity contribution in [2.24, 2.45) is 5.92 Å². The Labute approximate surface area is 148 Å². The number of carbonyl (C=O) groups excluding carboxylic acids is 2. The number of halogens is 2. The standard InChI is InChI=1S/C17H14ClFN4O2/c18-13-6-12(1-2-14(13)19)22-16(24)11-3-4-23(9-11)17(25)15-5-10(7-20)8-21-15/h1-2,5-6,8,11,21H,3-4,9H2,(H,22,24)/t11-/m0/s1. The monoisotopic (exact) mass is 360 g/mol. The van der Waals surface area contributed by atoms with Gasteiger partial charge in [0.15, 0.2) is 0 Å². The van der Waals surface area contributed by atoms with Gasteiger partial charge in [-0.3, -0.25) is 9.59 Å². The molecule has 1 saturated heterocycles. The number of aromatic nitrogens is 1. The highest BCUT2D eigenvalue weighted by Crippen LogP contribution is 2.23. The van der Waals surface area contributed by atoms with Gasteiger partial charge in [0.05, 0.1) is 16.5 Å². The van der Waals surface area contributed by atoms with Crippen LogP contribution in [0.5, 0.6) is 0 Å². The molecule has 2 heterocycles. The van der Waals surface area contributed by atoms with Crippen molar-refractivity contribution in [3.63, 3.8) is 0 Å². The summed E-state index contributed by atoms with van der Waals surface area (Å²) in [4.78, 5) is 29.0. The van der Waals surface area contributed by atoms with Gasteiger partial charge in [0.1, 0.15) is 17.6 Å². The third-order valence-electron chi connectivity index (χ3n) is 4.08. The van der Waals surface area contributed by atoms with Crippen molar-refractivity contribution in [1.82, 2.24) is 9.88 Å². The van der Waals surface area contributed by atoms with E-state index in [0.29, 0.717) is 29.9 Å². The Bertz CT molecular complexity index is 874. The summed E-state index contributed by atoms with van der Waals surface area (Å²) in [5.41, 5.74) is 1.11. The normalized spacial score (nSPS) is 16.5. The van der Waals surface area contributed by atoms with E-state index in [1.54, 1.807) is 4.90 Å². The maximum atomic E-state index is 13.2. The molecule has 1 aliphatic rings. The number of nitriles is 1. The minimum absolute atomic E-state index is 0.0685. The molecule has 2 aromatic rings. The molecule has 1 fully saturated rings. The second-order valence-electron chi connectivity index (χ2n) is 5.77. The molecule has 6 nitrogen and oxygen atoms in total. The van der Waals surface area contributed by atoms with E-state index in [2.05, 4.69) is 10.3 Å². The molecule has 0 aliphatic carbocycles. The third-order valence-corrected chi connectivity index (χ3v) is 4.37. The molecule has 128 valence electrons. The first-order valence-corrected chi connectivity index (χ1v) is 7.99. The highest BCUT2D eigenvalue weighted by atomic mass is 35.5. The number of likely N-dealkylation sites (tertiary alicyclic amines) is 1. The molecule has 0 radical (unpaired) electrons. The van der Waals surface area contributed by atoms with E-state index >= 15 is 0 Å². The lowest BCUT2D eigenvalue weighted by Gasteiger charge is -2.15. The smallest absolute Gasteiger partial charge is 0.270 e. The lowest BCUT2D eigenvalue weighted by molar-refractivity contribution is -0.119. The zero-order valence-corrected chi connectivity index (χ0v) is 13.8. The van der Waals surface area contributed by atoms with E-state index < -0.39 is 5.82 Å². The van der Waals surface area contributed by atoms with Gasteiger partial charge < -0.3 is 15.2 Å². The van der Waals surface area contributed by atoms with Crippen LogP contribution in [-0.2, 0) is 4.79 Å². The van der Waals surface area contributed by atoms with E-state index in [0.717, 1.165) is 0 Å². The molecule has 1 atom stereocenters. The number of benzene rings is 1. The quantitative estimate of drug-likeness (QED) is 0.882. The van der Waals surface area contributed by atoms with E-state index in [-0.39, 0.29) is 29.3 Å². The molecule has 25 heavy (non-hydrogen) atoms. The number of aromatic amines is 1. The predicted molar refractivity (Wildman–Crippen MR) is 89.6 cm³/mol. The third kappa shape index (κ3) is 3.64. The summed E-state index contributed by atoms with van der Waals surface area (Å²) in [6.45, 7) is 0.725. The van der Waals surface area contributed by atoms with E-state index in [4.69, 9.17) is 16.9 Å². The Hall–Kier alpha value is -2.85. The van der Waals surface area contributed by atoms with Crippen LogP contribution in [0.3, 0.4) is 0 Å². The Morgan fingerprint density at radius 1 is 1.40 bits per heavy atom. The molecule has 8 heteroatoms. The van der Waals surface area contributed by atoms with Gasteiger partial charge in [-0.1, -0.05) is 11.6 Å². The Morgan fingerprint density at radius 3 is 2.88 bits per heavy atom. The number of hydrogen-bond acceptors (Lipinski definition) is 3. The number of hydrogen-bond donors (Lipinski definition) is 2. The molecule has 3 rings (SSSR count). The van der Waals surface area contributed by atoms with Gasteiger partial charge in [0.2, 0.25) is 5.91 Å². The van der Waals surface area contributed by atoms with Crippen LogP contribution in [0.4, 0.5) is 10.1 Å². The molecule has 2 amide bonds. The van der Waals surface area contributed by atoms with Crippen LogP contribution >= 0.6 is 11.6 Å². The van der Waals surface area contributed by atoms with Gasteiger partial charge in [-0.15, -0.1) is 0 Å². The van der Waals surface area contributed by atoms with Crippen LogP contribution in [0.25, 0.3) is 0 Å². The number of nitrogens with one attached hydrogen (secondary N) is 2. The van der Waals surface area contributed by atoms with Crippen molar-refractivity contribution in [1.29, 1.82) is 5.26 Å². The predicted octanol–water partition coefficient (Wildman–Crippen LogP) is 2.78. The Kier molecular flexibility index (Phi) is 4.72. The van der Waals surface area contributed by atoms with Gasteiger partial charge >= 0.3 is 0 Å². The maximum absolute atomic E-state index is 13.2. The fourth-order valence-electron chi connectivity index (χ4n) is 2.73. The Balaban J connectivity index is 1.61. The molecule has 1 aromatic carbocycles. The largest absolute Gasteiger partial charge is 0.356 e. The summed E-state index contributed by atoms with van der Waals surface area (Å²) in [5.74, 6) is -1.41. The fourth-order valence-corrected chi connectivity index (χ4v) is 2.91. The molecular weight excluding hydrogens is 347 g/mol. The summed E-state index contributed by atoms with van der Waals surface area (Å²) >= 11 is 5.70. The second kappa shape index (κ2) is 6.95. The van der Waals surface area contributed by atoms with Crippen LogP contribution in [0, 0.1) is 23.1 Å². The minimum Gasteiger partial charge on any atom is -0.356 e. The van der Waals surface area contributed by atoms with Crippen LogP contribution in [0.1, 0.15) is 22.5 Å². The lowest BCUT2D eigenvalue weighted by Crippen LogP contribution is -2.31. The van der Waals surface area contributed by atoms with Crippen LogP contribution in [-0.4, -0.2) is 34.8 Å². The van der Waals surface area contributed by atoms with E-state index in [9.17, 15) is 14.0 Å². The summed E-state index contributed by atoms with van der Waals surface area (Å²) in [6.07, 6.45) is 1.99. The average Bonchev–Trinajstić information content (AvgIpc) is 3.26. The molecule has 1 aliphatic heterocycles. The SMILES string of the molecule is N#Cc1c[nH]c(C(=O)N2CC[C@H](C(=O)Nc3ccc(F)c(Cl)c3)C2)c1. The van der Waals surface area contributed by atoms with Crippen molar-refractivity contribution in [2.75, 3.05) is 18.4 Å². The van der Waals surface area contributed by atoms with Crippen LogP contribution < -0.4 is 5.32 Å². The molecule has 0 saturated carbocycles. The van der Waals surface area contributed by atoms with Crippen molar-refractivity contribution in [3.05, 3.63) is 52.6 Å². The van der Waals surface area contributed by atoms with Gasteiger partial charge in [0, 0.05) is 25.0 Å². The van der Waals surface area contributed by atoms with E-state index in [1.165, 1.54) is 30.5 Å². The highest BCUT2D eigenvalue weighted by molar-refractivity contribution is 6.31. The van der Waals surface area contributed by atoms with Crippen molar-refractivity contribution < 1.29 is 14.0 Å². The number of amides is 2. The first-order chi connectivity index (χ1) is 12.0. The summed E-state index contributed by atoms with van der Waals surface area (Å²) in [5, 5.41) is 11.4. The summed E-state index contributed by atoms with van der Waals surface area (Å²) in [7, 11) is 0. The van der Waals surface area contributed by atoms with Gasteiger partial charge in [0.25, 0.3) is 5.91 Å². The molecule has 1 aromatic heterocycles. The number of nitrogens with zero attached hydrogens (tertiary/aromatic N) is 2. The number of anilines is 1. The zero-order valence-electron chi connectivity index (χ0n) is 13.1. The Morgan fingerprint density at radius 2 is 2.20 bits per heavy atom. The summed E-state index contributed by atoms with van der Waals surface area (Å²) in [6, 6.07) is 7.39. The van der Waals surface area contributed by atoms with Gasteiger partial charge in [-0.05, 0) is 30.7 Å². The van der Waals surface area contributed by atoms with E-state index in [1.807, 2.05) is 6.07 Å². The van der Waals surface area contributed by atoms with Crippen LogP contribution in [0.15, 0.2) is 30.5 Å². The summed E-state index contributed by atoms with van der Waals surface area (Å²) < 4.78 is 13.2. The highest BCUT2D eigenvalue weighted by Gasteiger charge is 2.32. The molecule has 0 unspecified atom stereocenters. The van der Waals surface area contributed by atoms with Crippen LogP contribution in [0.2, 0.25) is 5.02 Å². The number of carbonyl (C=O) groups is 2. The topological polar surface area (TPSA) is 89.0 Å². The average molecular weight is 361 g/mol. The first kappa shape index (κ1) is 17.0. The van der Waals surface area contributed by atoms with Crippen molar-refractivity contribution in [3.8, 4) is 6.07 Å².